The molecule has 20 heavy (non-hydrogen) atoms. The average Bonchev–Trinajstić information content (AvgIpc) is 2.57. The molecule has 0 bridgehead atoms. The van der Waals surface area contributed by atoms with Crippen LogP contribution in [0.1, 0.15) is 48.1 Å². The lowest BCUT2D eigenvalue weighted by atomic mass is 10.2. The van der Waals surface area contributed by atoms with Crippen molar-refractivity contribution in [3.8, 4) is 0 Å². The Morgan fingerprint density at radius 1 is 1.25 bits per heavy atom. The molecule has 1 fully saturated rings. The second-order valence-corrected chi connectivity index (χ2v) is 5.64. The van der Waals surface area contributed by atoms with E-state index in [1.54, 1.807) is 0 Å². The molecule has 5 heteroatoms. The number of amides is 1. The molecule has 1 saturated heterocycles. The lowest BCUT2D eigenvalue weighted by molar-refractivity contribution is 0.0765. The SMILES string of the molecule is Cc1cc(C(=O)N2CCCNCC2)c(C)n1C(C)C.Cl. The lowest BCUT2D eigenvalue weighted by Gasteiger charge is -2.20. The summed E-state index contributed by atoms with van der Waals surface area (Å²) in [5.74, 6) is 0.184. The first-order chi connectivity index (χ1) is 9.02. The molecule has 2 heterocycles. The Balaban J connectivity index is 0.00000200. The highest BCUT2D eigenvalue weighted by atomic mass is 35.5. The second kappa shape index (κ2) is 7.14. The molecule has 4 nitrogen and oxygen atoms in total. The van der Waals surface area contributed by atoms with Crippen LogP contribution in [-0.2, 0) is 0 Å². The van der Waals surface area contributed by atoms with Crippen LogP contribution in [0.4, 0.5) is 0 Å². The zero-order valence-corrected chi connectivity index (χ0v) is 13.7. The van der Waals surface area contributed by atoms with Crippen molar-refractivity contribution < 1.29 is 4.79 Å². The molecular formula is C15H26ClN3O. The van der Waals surface area contributed by atoms with Crippen LogP contribution in [0, 0.1) is 13.8 Å². The van der Waals surface area contributed by atoms with Crippen LogP contribution < -0.4 is 5.32 Å². The van der Waals surface area contributed by atoms with Crippen LogP contribution in [0.15, 0.2) is 6.07 Å². The molecule has 1 aromatic heterocycles. The first kappa shape index (κ1) is 17.1. The van der Waals surface area contributed by atoms with E-state index in [0.29, 0.717) is 6.04 Å². The molecule has 1 aliphatic heterocycles. The van der Waals surface area contributed by atoms with Crippen LogP contribution in [0.25, 0.3) is 0 Å². The predicted molar refractivity (Wildman–Crippen MR) is 84.9 cm³/mol. The minimum atomic E-state index is 0. The van der Waals surface area contributed by atoms with Gasteiger partial charge in [-0.2, -0.15) is 0 Å². The monoisotopic (exact) mass is 299 g/mol. The van der Waals surface area contributed by atoms with Gasteiger partial charge in [-0.1, -0.05) is 0 Å². The molecular weight excluding hydrogens is 274 g/mol. The topological polar surface area (TPSA) is 37.3 Å². The molecule has 1 aromatic rings. The van der Waals surface area contributed by atoms with E-state index in [1.807, 2.05) is 11.0 Å². The fourth-order valence-electron chi connectivity index (χ4n) is 3.01. The van der Waals surface area contributed by atoms with Crippen LogP contribution in [0.2, 0.25) is 0 Å². The van der Waals surface area contributed by atoms with E-state index in [4.69, 9.17) is 0 Å². The summed E-state index contributed by atoms with van der Waals surface area (Å²) in [4.78, 5) is 14.6. The lowest BCUT2D eigenvalue weighted by Crippen LogP contribution is -2.34. The summed E-state index contributed by atoms with van der Waals surface area (Å²) < 4.78 is 2.24. The Morgan fingerprint density at radius 2 is 1.95 bits per heavy atom. The van der Waals surface area contributed by atoms with Gasteiger partial charge in [-0.3, -0.25) is 4.79 Å². The van der Waals surface area contributed by atoms with Gasteiger partial charge in [0.05, 0.1) is 5.56 Å². The number of hydrogen-bond acceptors (Lipinski definition) is 2. The Kier molecular flexibility index (Phi) is 6.08. The summed E-state index contributed by atoms with van der Waals surface area (Å²) in [6.45, 7) is 12.0. The number of halogens is 1. The number of hydrogen-bond donors (Lipinski definition) is 1. The summed E-state index contributed by atoms with van der Waals surface area (Å²) >= 11 is 0. The number of aromatic nitrogens is 1. The molecule has 0 saturated carbocycles. The molecule has 0 radical (unpaired) electrons. The first-order valence-corrected chi connectivity index (χ1v) is 7.20. The number of rotatable bonds is 2. The average molecular weight is 300 g/mol. The van der Waals surface area contributed by atoms with Crippen molar-refractivity contribution in [1.82, 2.24) is 14.8 Å². The molecule has 1 aliphatic rings. The highest BCUT2D eigenvalue weighted by Crippen LogP contribution is 2.21. The van der Waals surface area contributed by atoms with Crippen molar-refractivity contribution >= 4 is 18.3 Å². The molecule has 1 amide bonds. The summed E-state index contributed by atoms with van der Waals surface area (Å²) in [6, 6.07) is 2.43. The van der Waals surface area contributed by atoms with Crippen molar-refractivity contribution in [3.63, 3.8) is 0 Å². The normalized spacial score (nSPS) is 15.9. The van der Waals surface area contributed by atoms with Gasteiger partial charge in [-0.15, -0.1) is 12.4 Å². The number of nitrogens with one attached hydrogen (secondary N) is 1. The third-order valence-electron chi connectivity index (χ3n) is 3.86. The van der Waals surface area contributed by atoms with Crippen molar-refractivity contribution in [2.45, 2.75) is 40.2 Å². The molecule has 0 atom stereocenters. The highest BCUT2D eigenvalue weighted by Gasteiger charge is 2.22. The minimum Gasteiger partial charge on any atom is -0.346 e. The Bertz CT molecular complexity index is 460. The second-order valence-electron chi connectivity index (χ2n) is 5.64. The fraction of sp³-hybridized carbons (Fsp3) is 0.667. The van der Waals surface area contributed by atoms with Crippen molar-refractivity contribution in [2.24, 2.45) is 0 Å². The van der Waals surface area contributed by atoms with E-state index >= 15 is 0 Å². The number of carbonyl (C=O) groups is 1. The van der Waals surface area contributed by atoms with Crippen molar-refractivity contribution in [1.29, 1.82) is 0 Å². The zero-order chi connectivity index (χ0) is 14.0. The van der Waals surface area contributed by atoms with Gasteiger partial charge >= 0.3 is 0 Å². The van der Waals surface area contributed by atoms with Gasteiger partial charge in [0.25, 0.3) is 5.91 Å². The molecule has 0 aliphatic carbocycles. The maximum absolute atomic E-state index is 12.6. The van der Waals surface area contributed by atoms with Gasteiger partial charge in [0.1, 0.15) is 0 Å². The van der Waals surface area contributed by atoms with E-state index < -0.39 is 0 Å². The van der Waals surface area contributed by atoms with E-state index in [1.165, 1.54) is 5.69 Å². The van der Waals surface area contributed by atoms with E-state index in [9.17, 15) is 4.79 Å². The maximum Gasteiger partial charge on any atom is 0.255 e. The Labute approximate surface area is 127 Å². The van der Waals surface area contributed by atoms with E-state index in [0.717, 1.165) is 43.9 Å². The molecule has 114 valence electrons. The quantitative estimate of drug-likeness (QED) is 0.911. The van der Waals surface area contributed by atoms with Crippen molar-refractivity contribution in [2.75, 3.05) is 26.2 Å². The standard InChI is InChI=1S/C15H25N3O.ClH/c1-11(2)18-12(3)10-14(13(18)4)15(19)17-8-5-6-16-7-9-17;/h10-11,16H,5-9H2,1-4H3;1H. The Hall–Kier alpha value is -1.000. The molecule has 1 N–H and O–H groups in total. The third kappa shape index (κ3) is 3.36. The molecule has 0 spiro atoms. The molecule has 0 unspecified atom stereocenters. The van der Waals surface area contributed by atoms with Gasteiger partial charge in [-0.25, -0.2) is 0 Å². The minimum absolute atomic E-state index is 0. The van der Waals surface area contributed by atoms with Crippen molar-refractivity contribution in [3.05, 3.63) is 23.0 Å². The fourth-order valence-corrected chi connectivity index (χ4v) is 3.01. The summed E-state index contributed by atoms with van der Waals surface area (Å²) in [7, 11) is 0. The largest absolute Gasteiger partial charge is 0.346 e. The van der Waals surface area contributed by atoms with E-state index in [2.05, 4.69) is 37.6 Å². The van der Waals surface area contributed by atoms with Gasteiger partial charge in [0, 0.05) is 37.1 Å². The predicted octanol–water partition coefficient (Wildman–Crippen LogP) is 2.54. The highest BCUT2D eigenvalue weighted by molar-refractivity contribution is 5.95. The van der Waals surface area contributed by atoms with Crippen LogP contribution in [0.5, 0.6) is 0 Å². The maximum atomic E-state index is 12.6. The van der Waals surface area contributed by atoms with Gasteiger partial charge < -0.3 is 14.8 Å². The van der Waals surface area contributed by atoms with Crippen LogP contribution >= 0.6 is 12.4 Å². The number of aryl methyl sites for hydroxylation is 1. The van der Waals surface area contributed by atoms with Crippen LogP contribution in [0.3, 0.4) is 0 Å². The van der Waals surface area contributed by atoms with E-state index in [-0.39, 0.29) is 18.3 Å². The Morgan fingerprint density at radius 3 is 2.55 bits per heavy atom. The molecule has 0 aromatic carbocycles. The van der Waals surface area contributed by atoms with Gasteiger partial charge in [-0.05, 0) is 46.7 Å². The summed E-state index contributed by atoms with van der Waals surface area (Å²) in [5, 5.41) is 3.33. The zero-order valence-electron chi connectivity index (χ0n) is 12.9. The number of nitrogens with zero attached hydrogens (tertiary/aromatic N) is 2. The van der Waals surface area contributed by atoms with Crippen LogP contribution in [-0.4, -0.2) is 41.6 Å². The first-order valence-electron chi connectivity index (χ1n) is 7.20. The smallest absolute Gasteiger partial charge is 0.255 e. The molecule has 2 rings (SSSR count). The number of carbonyl (C=O) groups excluding carboxylic acids is 1. The summed E-state index contributed by atoms with van der Waals surface area (Å²) in [6.07, 6.45) is 1.04. The van der Waals surface area contributed by atoms with Gasteiger partial charge in [0.15, 0.2) is 0 Å². The van der Waals surface area contributed by atoms with Gasteiger partial charge in [0.2, 0.25) is 0 Å². The third-order valence-corrected chi connectivity index (χ3v) is 3.86. The summed E-state index contributed by atoms with van der Waals surface area (Å²) in [5.41, 5.74) is 3.13.